The molecule has 1 radical (unpaired) electrons. The average molecular weight is 129 g/mol. The van der Waals surface area contributed by atoms with Gasteiger partial charge in [-0.2, -0.15) is 0 Å². The van der Waals surface area contributed by atoms with Crippen molar-refractivity contribution >= 4 is 11.8 Å². The van der Waals surface area contributed by atoms with E-state index in [1.807, 2.05) is 0 Å². The maximum absolute atomic E-state index is 10.3. The first-order valence-electron chi connectivity index (χ1n) is 2.45. The monoisotopic (exact) mass is 129 g/mol. The van der Waals surface area contributed by atoms with Crippen molar-refractivity contribution in [3.8, 4) is 0 Å². The molecule has 0 bridgehead atoms. The second-order valence-corrected chi connectivity index (χ2v) is 2.32. The summed E-state index contributed by atoms with van der Waals surface area (Å²) < 4.78 is 0. The Morgan fingerprint density at radius 3 is 1.78 bits per heavy atom. The van der Waals surface area contributed by atoms with Crippen LogP contribution in [-0.2, 0) is 9.59 Å². The summed E-state index contributed by atoms with van der Waals surface area (Å²) in [6, 6.07) is 0. The normalized spacial score (nSPS) is 10.9. The molecule has 0 fully saturated rings. The number of nitrogens with one attached hydrogen (secondary N) is 1. The first-order chi connectivity index (χ1) is 3.89. The fourth-order valence-corrected chi connectivity index (χ4v) is 0.112. The Labute approximate surface area is 53.2 Å². The summed E-state index contributed by atoms with van der Waals surface area (Å²) in [5.74, 6) is -1.71. The molecule has 9 heavy (non-hydrogen) atoms. The number of rotatable bonds is 2. The molecule has 0 rings (SSSR count). The molecule has 0 saturated heterocycles. The van der Waals surface area contributed by atoms with Crippen molar-refractivity contribution in [1.82, 2.24) is 5.73 Å². The summed E-state index contributed by atoms with van der Waals surface area (Å²) in [6.45, 7) is 2.65. The predicted octanol–water partition coefficient (Wildman–Crippen LogP) is -0.693. The summed E-state index contributed by atoms with van der Waals surface area (Å²) in [7, 11) is 0. The van der Waals surface area contributed by atoms with Crippen LogP contribution in [0, 0.1) is 5.41 Å². The first kappa shape index (κ1) is 7.94. The zero-order valence-corrected chi connectivity index (χ0v) is 5.39. The van der Waals surface area contributed by atoms with Crippen LogP contribution in [0.15, 0.2) is 0 Å². The van der Waals surface area contributed by atoms with E-state index in [9.17, 15) is 9.59 Å². The molecule has 4 heteroatoms. The molecule has 51 valence electrons. The minimum Gasteiger partial charge on any atom is -0.369 e. The number of primary amides is 1. The van der Waals surface area contributed by atoms with Crippen molar-refractivity contribution in [1.29, 1.82) is 0 Å². The lowest BCUT2D eigenvalue weighted by Gasteiger charge is -2.13. The molecular formula is C5H9N2O2. The molecule has 0 aliphatic heterocycles. The van der Waals surface area contributed by atoms with E-state index in [0.717, 1.165) is 0 Å². The SMILES string of the molecule is CC(C)(C([NH])=O)C(N)=O. The van der Waals surface area contributed by atoms with Crippen LogP contribution in [0.3, 0.4) is 0 Å². The quantitative estimate of drug-likeness (QED) is 0.500. The largest absolute Gasteiger partial charge is 0.369 e. The second kappa shape index (κ2) is 2.05. The van der Waals surface area contributed by atoms with Gasteiger partial charge in [0.25, 0.3) is 5.91 Å². The maximum Gasteiger partial charge on any atom is 0.253 e. The van der Waals surface area contributed by atoms with Gasteiger partial charge in [-0.05, 0) is 13.8 Å². The van der Waals surface area contributed by atoms with Crippen molar-refractivity contribution in [2.45, 2.75) is 13.8 Å². The lowest BCUT2D eigenvalue weighted by Crippen LogP contribution is -2.39. The summed E-state index contributed by atoms with van der Waals surface area (Å²) in [5, 5.41) is 0. The van der Waals surface area contributed by atoms with Gasteiger partial charge in [0, 0.05) is 0 Å². The lowest BCUT2D eigenvalue weighted by atomic mass is 9.92. The molecule has 0 unspecified atom stereocenters. The highest BCUT2D eigenvalue weighted by atomic mass is 16.2. The highest BCUT2D eigenvalue weighted by Gasteiger charge is 2.31. The number of nitrogens with two attached hydrogens (primary N) is 1. The van der Waals surface area contributed by atoms with Gasteiger partial charge >= 0.3 is 0 Å². The smallest absolute Gasteiger partial charge is 0.253 e. The van der Waals surface area contributed by atoms with Crippen molar-refractivity contribution in [2.75, 3.05) is 0 Å². The highest BCUT2D eigenvalue weighted by molar-refractivity contribution is 6.02. The zero-order chi connectivity index (χ0) is 7.65. The second-order valence-electron chi connectivity index (χ2n) is 2.32. The van der Waals surface area contributed by atoms with Gasteiger partial charge in [-0.25, -0.2) is 0 Å². The van der Waals surface area contributed by atoms with Crippen LogP contribution in [0.4, 0.5) is 0 Å². The Morgan fingerprint density at radius 2 is 1.78 bits per heavy atom. The Balaban J connectivity index is 4.38. The molecule has 0 aromatic rings. The van der Waals surface area contributed by atoms with Crippen LogP contribution in [0.2, 0.25) is 0 Å². The van der Waals surface area contributed by atoms with Crippen molar-refractivity contribution < 1.29 is 9.59 Å². The van der Waals surface area contributed by atoms with Crippen molar-refractivity contribution in [3.63, 3.8) is 0 Å². The van der Waals surface area contributed by atoms with Gasteiger partial charge in [0.1, 0.15) is 5.41 Å². The van der Waals surface area contributed by atoms with Gasteiger partial charge in [0.05, 0.1) is 0 Å². The van der Waals surface area contributed by atoms with E-state index in [2.05, 4.69) is 0 Å². The Hall–Kier alpha value is -1.06. The molecule has 0 aliphatic carbocycles. The molecule has 0 aromatic carbocycles. The van der Waals surface area contributed by atoms with Crippen molar-refractivity contribution in [3.05, 3.63) is 0 Å². The van der Waals surface area contributed by atoms with Gasteiger partial charge < -0.3 is 5.73 Å². The Morgan fingerprint density at radius 1 is 1.44 bits per heavy atom. The molecule has 0 aliphatic rings. The number of amides is 2. The van der Waals surface area contributed by atoms with Crippen LogP contribution in [-0.4, -0.2) is 11.8 Å². The predicted molar refractivity (Wildman–Crippen MR) is 31.1 cm³/mol. The summed E-state index contributed by atoms with van der Waals surface area (Å²) in [5.41, 5.74) is 10.0. The topological polar surface area (TPSA) is 84.0 Å². The fraction of sp³-hybridized carbons (Fsp3) is 0.600. The number of carbonyl (C=O) groups is 2. The number of hydrogen-bond donors (Lipinski definition) is 1. The highest BCUT2D eigenvalue weighted by Crippen LogP contribution is 2.12. The summed E-state index contributed by atoms with van der Waals surface area (Å²) in [6.07, 6.45) is 0. The van der Waals surface area contributed by atoms with E-state index in [1.54, 1.807) is 0 Å². The standard InChI is InChI=1S/C5H9N2O2/c1-5(2,3(6)8)4(7)9/h6H,1-2H3,(H2,7,9). The molecule has 0 spiro atoms. The van der Waals surface area contributed by atoms with Crippen LogP contribution in [0.25, 0.3) is 0 Å². The van der Waals surface area contributed by atoms with Crippen LogP contribution < -0.4 is 11.5 Å². The first-order valence-corrected chi connectivity index (χ1v) is 2.45. The molecule has 0 heterocycles. The maximum atomic E-state index is 10.3. The third kappa shape index (κ3) is 1.42. The number of carbonyl (C=O) groups excluding carboxylic acids is 2. The van der Waals surface area contributed by atoms with Crippen LogP contribution in [0.1, 0.15) is 13.8 Å². The van der Waals surface area contributed by atoms with Gasteiger partial charge in [-0.3, -0.25) is 15.3 Å². The third-order valence-electron chi connectivity index (χ3n) is 1.18. The summed E-state index contributed by atoms with van der Waals surface area (Å²) >= 11 is 0. The van der Waals surface area contributed by atoms with E-state index in [-0.39, 0.29) is 0 Å². The zero-order valence-electron chi connectivity index (χ0n) is 5.39. The molecule has 0 atom stereocenters. The average Bonchev–Trinajstić information content (AvgIpc) is 1.65. The summed E-state index contributed by atoms with van der Waals surface area (Å²) in [4.78, 5) is 20.6. The molecule has 3 N–H and O–H groups in total. The minimum absolute atomic E-state index is 0.762. The van der Waals surface area contributed by atoms with Crippen molar-refractivity contribution in [2.24, 2.45) is 11.1 Å². The van der Waals surface area contributed by atoms with E-state index in [4.69, 9.17) is 11.5 Å². The molecule has 2 amide bonds. The fourth-order valence-electron chi connectivity index (χ4n) is 0.112. The molecule has 4 nitrogen and oxygen atoms in total. The van der Waals surface area contributed by atoms with Gasteiger partial charge in [-0.15, -0.1) is 0 Å². The molecule has 0 saturated carbocycles. The molecule has 0 aromatic heterocycles. The van der Waals surface area contributed by atoms with Crippen LogP contribution in [0.5, 0.6) is 0 Å². The van der Waals surface area contributed by atoms with Gasteiger partial charge in [-0.1, -0.05) is 0 Å². The van der Waals surface area contributed by atoms with Crippen LogP contribution >= 0.6 is 0 Å². The van der Waals surface area contributed by atoms with Gasteiger partial charge in [0.15, 0.2) is 0 Å². The Kier molecular flexibility index (Phi) is 1.80. The minimum atomic E-state index is -1.33. The lowest BCUT2D eigenvalue weighted by molar-refractivity contribution is -0.137. The third-order valence-corrected chi connectivity index (χ3v) is 1.18. The van der Waals surface area contributed by atoms with E-state index in [1.165, 1.54) is 13.8 Å². The van der Waals surface area contributed by atoms with E-state index < -0.39 is 17.2 Å². The molecular weight excluding hydrogens is 120 g/mol. The van der Waals surface area contributed by atoms with E-state index in [0.29, 0.717) is 0 Å². The van der Waals surface area contributed by atoms with Gasteiger partial charge in [0.2, 0.25) is 5.91 Å². The number of hydrogen-bond acceptors (Lipinski definition) is 2. The van der Waals surface area contributed by atoms with E-state index >= 15 is 0 Å². The Bertz CT molecular complexity index is 135.